The number of nitrogens with one attached hydrogen (secondary N) is 1. The number of ether oxygens (including phenoxy) is 1. The highest BCUT2D eigenvalue weighted by atomic mass is 16.5. The van der Waals surface area contributed by atoms with E-state index in [1.807, 2.05) is 45.2 Å². The number of para-hydroxylation sites is 1. The minimum Gasteiger partial charge on any atom is -0.387 e. The average Bonchev–Trinajstić information content (AvgIpc) is 2.96. The maximum absolute atomic E-state index is 5.48. The summed E-state index contributed by atoms with van der Waals surface area (Å²) in [6, 6.07) is 7.81. The van der Waals surface area contributed by atoms with Crippen molar-refractivity contribution in [3.05, 3.63) is 30.1 Å². The number of rotatable bonds is 5. The van der Waals surface area contributed by atoms with Gasteiger partial charge in [0.2, 0.25) is 5.82 Å². The maximum Gasteiger partial charge on any atom is 0.260 e. The molecule has 2 rings (SSSR count). The first-order valence-electron chi connectivity index (χ1n) is 6.31. The van der Waals surface area contributed by atoms with Crippen molar-refractivity contribution in [1.82, 2.24) is 10.1 Å². The third-order valence-electron chi connectivity index (χ3n) is 3.45. The molecule has 1 N–H and O–H groups in total. The smallest absolute Gasteiger partial charge is 0.260 e. The largest absolute Gasteiger partial charge is 0.387 e. The van der Waals surface area contributed by atoms with Crippen LogP contribution in [0.1, 0.15) is 26.1 Å². The van der Waals surface area contributed by atoms with Gasteiger partial charge in [0, 0.05) is 19.8 Å². The maximum atomic E-state index is 5.48. The molecule has 0 bridgehead atoms. The van der Waals surface area contributed by atoms with E-state index in [0.717, 1.165) is 17.7 Å². The Bertz CT molecular complexity index is 547. The number of nitrogens with zero attached hydrogens (tertiary/aromatic N) is 2. The van der Waals surface area contributed by atoms with Crippen molar-refractivity contribution >= 4 is 5.69 Å². The molecule has 0 aliphatic heterocycles. The van der Waals surface area contributed by atoms with Crippen LogP contribution in [-0.4, -0.2) is 24.3 Å². The number of hydrogen-bond donors (Lipinski definition) is 1. The van der Waals surface area contributed by atoms with Gasteiger partial charge in [-0.3, -0.25) is 0 Å². The predicted molar refractivity (Wildman–Crippen MR) is 73.9 cm³/mol. The van der Waals surface area contributed by atoms with Gasteiger partial charge in [0.05, 0.1) is 5.56 Å². The van der Waals surface area contributed by atoms with Crippen molar-refractivity contribution in [2.24, 2.45) is 0 Å². The zero-order chi connectivity index (χ0) is 13.9. The van der Waals surface area contributed by atoms with Crippen LogP contribution in [0.25, 0.3) is 11.5 Å². The lowest BCUT2D eigenvalue weighted by Gasteiger charge is -2.21. The van der Waals surface area contributed by atoms with Gasteiger partial charge < -0.3 is 14.6 Å². The van der Waals surface area contributed by atoms with Crippen LogP contribution < -0.4 is 5.32 Å². The van der Waals surface area contributed by atoms with Crippen molar-refractivity contribution in [1.29, 1.82) is 0 Å². The Labute approximate surface area is 113 Å². The fraction of sp³-hybridized carbons (Fsp3) is 0.429. The van der Waals surface area contributed by atoms with E-state index in [0.29, 0.717) is 11.7 Å². The molecule has 5 nitrogen and oxygen atoms in total. The summed E-state index contributed by atoms with van der Waals surface area (Å²) in [6.45, 7) is 3.98. The highest BCUT2D eigenvalue weighted by Crippen LogP contribution is 2.30. The van der Waals surface area contributed by atoms with Crippen LogP contribution in [-0.2, 0) is 10.3 Å². The second-order valence-electron chi connectivity index (χ2n) is 4.51. The lowest BCUT2D eigenvalue weighted by molar-refractivity contribution is -0.0106. The van der Waals surface area contributed by atoms with Crippen LogP contribution in [0.5, 0.6) is 0 Å². The summed E-state index contributed by atoms with van der Waals surface area (Å²) < 4.78 is 10.8. The molecule has 0 radical (unpaired) electrons. The van der Waals surface area contributed by atoms with E-state index in [1.165, 1.54) is 0 Å². The fourth-order valence-corrected chi connectivity index (χ4v) is 1.83. The van der Waals surface area contributed by atoms with Crippen LogP contribution in [0, 0.1) is 0 Å². The van der Waals surface area contributed by atoms with Crippen LogP contribution in [0.15, 0.2) is 28.8 Å². The van der Waals surface area contributed by atoms with Crippen molar-refractivity contribution in [2.75, 3.05) is 19.5 Å². The summed E-state index contributed by atoms with van der Waals surface area (Å²) in [7, 11) is 3.52. The molecule has 0 saturated carbocycles. The van der Waals surface area contributed by atoms with Gasteiger partial charge >= 0.3 is 0 Å². The van der Waals surface area contributed by atoms with E-state index in [1.54, 1.807) is 7.11 Å². The van der Waals surface area contributed by atoms with Crippen molar-refractivity contribution < 1.29 is 9.26 Å². The van der Waals surface area contributed by atoms with Crippen LogP contribution in [0.4, 0.5) is 5.69 Å². The molecular weight excluding hydrogens is 242 g/mol. The molecule has 2 aromatic rings. The Morgan fingerprint density at radius 2 is 2.11 bits per heavy atom. The fourth-order valence-electron chi connectivity index (χ4n) is 1.83. The number of anilines is 1. The molecule has 0 fully saturated rings. The van der Waals surface area contributed by atoms with Crippen LogP contribution in [0.3, 0.4) is 0 Å². The second-order valence-corrected chi connectivity index (χ2v) is 4.51. The molecular formula is C14H19N3O2. The molecule has 1 unspecified atom stereocenters. The number of hydrogen-bond acceptors (Lipinski definition) is 5. The molecule has 0 aliphatic rings. The first kappa shape index (κ1) is 13.5. The SMILES string of the molecule is CCC(C)(OC)c1noc(-c2ccccc2NC)n1. The van der Waals surface area contributed by atoms with E-state index < -0.39 is 5.60 Å². The highest BCUT2D eigenvalue weighted by Gasteiger charge is 2.30. The highest BCUT2D eigenvalue weighted by molar-refractivity contribution is 5.72. The summed E-state index contributed by atoms with van der Waals surface area (Å²) in [6.07, 6.45) is 0.774. The molecule has 0 amide bonds. The molecule has 1 atom stereocenters. The topological polar surface area (TPSA) is 60.2 Å². The first-order chi connectivity index (χ1) is 9.14. The van der Waals surface area contributed by atoms with Crippen molar-refractivity contribution in [2.45, 2.75) is 25.9 Å². The Kier molecular flexibility index (Phi) is 3.85. The zero-order valence-electron chi connectivity index (χ0n) is 11.7. The molecule has 102 valence electrons. The van der Waals surface area contributed by atoms with E-state index >= 15 is 0 Å². The van der Waals surface area contributed by atoms with E-state index in [9.17, 15) is 0 Å². The van der Waals surface area contributed by atoms with Crippen LogP contribution in [0.2, 0.25) is 0 Å². The summed E-state index contributed by atoms with van der Waals surface area (Å²) in [5, 5.41) is 7.15. The summed E-state index contributed by atoms with van der Waals surface area (Å²) in [5.41, 5.74) is 1.32. The molecule has 5 heteroatoms. The third kappa shape index (κ3) is 2.46. The predicted octanol–water partition coefficient (Wildman–Crippen LogP) is 3.05. The molecule has 0 spiro atoms. The number of aromatic nitrogens is 2. The second kappa shape index (κ2) is 5.40. The molecule has 1 heterocycles. The Morgan fingerprint density at radius 1 is 1.37 bits per heavy atom. The van der Waals surface area contributed by atoms with E-state index in [-0.39, 0.29) is 0 Å². The minimum atomic E-state index is -0.518. The Hall–Kier alpha value is -1.88. The summed E-state index contributed by atoms with van der Waals surface area (Å²) in [4.78, 5) is 4.46. The molecule has 0 saturated heterocycles. The lowest BCUT2D eigenvalue weighted by Crippen LogP contribution is -2.24. The number of methoxy groups -OCH3 is 1. The number of benzene rings is 1. The van der Waals surface area contributed by atoms with Gasteiger partial charge in [-0.25, -0.2) is 0 Å². The molecule has 19 heavy (non-hydrogen) atoms. The van der Waals surface area contributed by atoms with Crippen molar-refractivity contribution in [3.63, 3.8) is 0 Å². The van der Waals surface area contributed by atoms with E-state index in [2.05, 4.69) is 15.5 Å². The standard InChI is InChI=1S/C14H19N3O2/c1-5-14(2,18-4)13-16-12(19-17-13)10-8-6-7-9-11(10)15-3/h6-9,15H,5H2,1-4H3. The van der Waals surface area contributed by atoms with E-state index in [4.69, 9.17) is 9.26 Å². The van der Waals surface area contributed by atoms with Gasteiger partial charge in [-0.2, -0.15) is 4.98 Å². The van der Waals surface area contributed by atoms with Gasteiger partial charge in [0.15, 0.2) is 0 Å². The molecule has 0 aliphatic carbocycles. The normalized spacial score (nSPS) is 14.1. The first-order valence-corrected chi connectivity index (χ1v) is 6.31. The monoisotopic (exact) mass is 261 g/mol. The van der Waals surface area contributed by atoms with Gasteiger partial charge in [-0.15, -0.1) is 0 Å². The van der Waals surface area contributed by atoms with Gasteiger partial charge in [-0.05, 0) is 25.5 Å². The van der Waals surface area contributed by atoms with Gasteiger partial charge in [0.1, 0.15) is 5.60 Å². The average molecular weight is 261 g/mol. The van der Waals surface area contributed by atoms with Crippen LogP contribution >= 0.6 is 0 Å². The molecule has 1 aromatic carbocycles. The van der Waals surface area contributed by atoms with Gasteiger partial charge in [0.25, 0.3) is 5.89 Å². The van der Waals surface area contributed by atoms with Crippen molar-refractivity contribution in [3.8, 4) is 11.5 Å². The summed E-state index contributed by atoms with van der Waals surface area (Å²) >= 11 is 0. The quantitative estimate of drug-likeness (QED) is 0.896. The minimum absolute atomic E-state index is 0.497. The zero-order valence-corrected chi connectivity index (χ0v) is 11.7. The van der Waals surface area contributed by atoms with Gasteiger partial charge in [-0.1, -0.05) is 24.2 Å². The Morgan fingerprint density at radius 3 is 2.74 bits per heavy atom. The summed E-state index contributed by atoms with van der Waals surface area (Å²) in [5.74, 6) is 1.06. The third-order valence-corrected chi connectivity index (χ3v) is 3.45. The lowest BCUT2D eigenvalue weighted by atomic mass is 10.0. The Balaban J connectivity index is 2.41. The molecule has 1 aromatic heterocycles.